The summed E-state index contributed by atoms with van der Waals surface area (Å²) in [5.74, 6) is 1.17. The summed E-state index contributed by atoms with van der Waals surface area (Å²) in [6, 6.07) is 5.21. The van der Waals surface area contributed by atoms with Crippen LogP contribution in [0.5, 0.6) is 0 Å². The molecule has 0 aliphatic rings. The van der Waals surface area contributed by atoms with Crippen LogP contribution >= 0.6 is 0 Å². The number of guanidine groups is 1. The lowest BCUT2D eigenvalue weighted by molar-refractivity contribution is 0.481. The van der Waals surface area contributed by atoms with Gasteiger partial charge in [0.1, 0.15) is 5.82 Å². The largest absolute Gasteiger partial charge is 0.361 e. The van der Waals surface area contributed by atoms with Gasteiger partial charge in [-0.15, -0.1) is 0 Å². The first kappa shape index (κ1) is 17.3. The molecule has 23 heavy (non-hydrogen) atoms. The van der Waals surface area contributed by atoms with E-state index < -0.39 is 0 Å². The standard InChI is InChI=1S/C18H27FN4/c1-5-20-18(23-13(4)12(2)3)21-9-8-14-11-22-17-10-15(19)6-7-16(14)17/h6-7,10-13,22H,5,8-9H2,1-4H3,(H2,20,21,23). The molecule has 0 fully saturated rings. The smallest absolute Gasteiger partial charge is 0.191 e. The molecule has 1 heterocycles. The van der Waals surface area contributed by atoms with Gasteiger partial charge in [0.05, 0.1) is 0 Å². The molecule has 0 aliphatic heterocycles. The molecule has 1 unspecified atom stereocenters. The summed E-state index contributed by atoms with van der Waals surface area (Å²) >= 11 is 0. The predicted octanol–water partition coefficient (Wildman–Crippen LogP) is 3.45. The first-order valence-electron chi connectivity index (χ1n) is 8.31. The summed E-state index contributed by atoms with van der Waals surface area (Å²) in [5, 5.41) is 7.76. The number of hydrogen-bond donors (Lipinski definition) is 3. The monoisotopic (exact) mass is 318 g/mol. The average molecular weight is 318 g/mol. The van der Waals surface area contributed by atoms with E-state index in [-0.39, 0.29) is 5.82 Å². The minimum Gasteiger partial charge on any atom is -0.361 e. The maximum Gasteiger partial charge on any atom is 0.191 e. The van der Waals surface area contributed by atoms with E-state index in [1.165, 1.54) is 12.1 Å². The molecule has 0 saturated heterocycles. The van der Waals surface area contributed by atoms with Crippen molar-refractivity contribution in [2.45, 2.75) is 40.2 Å². The number of halogens is 1. The van der Waals surface area contributed by atoms with Crippen molar-refractivity contribution in [2.75, 3.05) is 13.1 Å². The van der Waals surface area contributed by atoms with Gasteiger partial charge in [0.25, 0.3) is 0 Å². The fraction of sp³-hybridized carbons (Fsp3) is 0.500. The third-order valence-electron chi connectivity index (χ3n) is 4.09. The van der Waals surface area contributed by atoms with E-state index in [2.05, 4.69) is 48.3 Å². The zero-order chi connectivity index (χ0) is 16.8. The van der Waals surface area contributed by atoms with Gasteiger partial charge in [-0.05, 0) is 49.9 Å². The highest BCUT2D eigenvalue weighted by molar-refractivity contribution is 5.83. The summed E-state index contributed by atoms with van der Waals surface area (Å²) in [7, 11) is 0. The van der Waals surface area contributed by atoms with Crippen LogP contribution in [0.3, 0.4) is 0 Å². The van der Waals surface area contributed by atoms with Gasteiger partial charge in [-0.25, -0.2) is 4.39 Å². The number of nitrogens with one attached hydrogen (secondary N) is 3. The highest BCUT2D eigenvalue weighted by Gasteiger charge is 2.09. The van der Waals surface area contributed by atoms with Gasteiger partial charge in [0.15, 0.2) is 5.96 Å². The normalized spacial score (nSPS) is 13.6. The van der Waals surface area contributed by atoms with E-state index >= 15 is 0 Å². The minimum atomic E-state index is -0.217. The lowest BCUT2D eigenvalue weighted by Gasteiger charge is -2.20. The molecule has 0 saturated carbocycles. The van der Waals surface area contributed by atoms with E-state index in [1.54, 1.807) is 0 Å². The molecule has 0 bridgehead atoms. The zero-order valence-electron chi connectivity index (χ0n) is 14.4. The van der Waals surface area contributed by atoms with Crippen molar-refractivity contribution in [3.8, 4) is 0 Å². The first-order valence-corrected chi connectivity index (χ1v) is 8.31. The average Bonchev–Trinajstić information content (AvgIpc) is 2.89. The molecule has 2 aromatic rings. The Morgan fingerprint density at radius 3 is 2.78 bits per heavy atom. The number of rotatable bonds is 6. The number of aromatic amines is 1. The molecule has 3 N–H and O–H groups in total. The zero-order valence-corrected chi connectivity index (χ0v) is 14.4. The second-order valence-electron chi connectivity index (χ2n) is 6.19. The molecule has 1 aromatic heterocycles. The van der Waals surface area contributed by atoms with Gasteiger partial charge in [0, 0.05) is 36.2 Å². The van der Waals surface area contributed by atoms with Gasteiger partial charge in [-0.3, -0.25) is 4.99 Å². The molecule has 0 amide bonds. The van der Waals surface area contributed by atoms with E-state index in [0.29, 0.717) is 18.5 Å². The Bertz CT molecular complexity index is 660. The third kappa shape index (κ3) is 4.71. The lowest BCUT2D eigenvalue weighted by atomic mass is 10.1. The van der Waals surface area contributed by atoms with E-state index in [9.17, 15) is 4.39 Å². The molecule has 2 rings (SSSR count). The number of fused-ring (bicyclic) bond motifs is 1. The minimum absolute atomic E-state index is 0.217. The molecule has 4 nitrogen and oxygen atoms in total. The van der Waals surface area contributed by atoms with Gasteiger partial charge in [-0.1, -0.05) is 13.8 Å². The van der Waals surface area contributed by atoms with Crippen LogP contribution in [0.25, 0.3) is 10.9 Å². The molecule has 0 aliphatic carbocycles. The first-order chi connectivity index (χ1) is 11.0. The van der Waals surface area contributed by atoms with Crippen LogP contribution in [-0.4, -0.2) is 30.1 Å². The number of aromatic nitrogens is 1. The number of aliphatic imine (C=N–C) groups is 1. The van der Waals surface area contributed by atoms with Gasteiger partial charge >= 0.3 is 0 Å². The second kappa shape index (κ2) is 7.99. The number of H-pyrrole nitrogens is 1. The van der Waals surface area contributed by atoms with Crippen LogP contribution in [0.15, 0.2) is 29.4 Å². The van der Waals surface area contributed by atoms with Crippen molar-refractivity contribution in [2.24, 2.45) is 10.9 Å². The molecular formula is C18H27FN4. The summed E-state index contributed by atoms with van der Waals surface area (Å²) in [6.45, 7) is 10.1. The Morgan fingerprint density at radius 1 is 1.30 bits per heavy atom. The van der Waals surface area contributed by atoms with Gasteiger partial charge in [0.2, 0.25) is 0 Å². The predicted molar refractivity (Wildman–Crippen MR) is 95.4 cm³/mol. The van der Waals surface area contributed by atoms with Crippen LogP contribution in [0.2, 0.25) is 0 Å². The molecule has 1 aromatic carbocycles. The van der Waals surface area contributed by atoms with E-state index in [1.807, 2.05) is 12.3 Å². The van der Waals surface area contributed by atoms with Crippen LogP contribution in [0.4, 0.5) is 4.39 Å². The maximum absolute atomic E-state index is 13.2. The maximum atomic E-state index is 13.2. The summed E-state index contributed by atoms with van der Waals surface area (Å²) < 4.78 is 13.2. The van der Waals surface area contributed by atoms with Gasteiger partial charge in [-0.2, -0.15) is 0 Å². The van der Waals surface area contributed by atoms with Crippen LogP contribution < -0.4 is 10.6 Å². The van der Waals surface area contributed by atoms with Crippen molar-refractivity contribution in [1.82, 2.24) is 15.6 Å². The topological polar surface area (TPSA) is 52.2 Å². The fourth-order valence-electron chi connectivity index (χ4n) is 2.36. The van der Waals surface area contributed by atoms with Gasteiger partial charge < -0.3 is 15.6 Å². The Balaban J connectivity index is 2.01. The van der Waals surface area contributed by atoms with Crippen LogP contribution in [0, 0.1) is 11.7 Å². The lowest BCUT2D eigenvalue weighted by Crippen LogP contribution is -2.44. The molecule has 0 spiro atoms. The van der Waals surface area contributed by atoms with Crippen molar-refractivity contribution in [3.63, 3.8) is 0 Å². The van der Waals surface area contributed by atoms with E-state index in [0.717, 1.165) is 35.4 Å². The van der Waals surface area contributed by atoms with Crippen molar-refractivity contribution in [1.29, 1.82) is 0 Å². The molecule has 5 heteroatoms. The molecule has 126 valence electrons. The van der Waals surface area contributed by atoms with Crippen LogP contribution in [-0.2, 0) is 6.42 Å². The SMILES string of the molecule is CCNC(=NCCc1c[nH]c2cc(F)ccc12)NC(C)C(C)C. The Labute approximate surface area is 137 Å². The Kier molecular flexibility index (Phi) is 6.02. The van der Waals surface area contributed by atoms with Crippen LogP contribution in [0.1, 0.15) is 33.3 Å². The number of nitrogens with zero attached hydrogens (tertiary/aromatic N) is 1. The third-order valence-corrected chi connectivity index (χ3v) is 4.09. The second-order valence-corrected chi connectivity index (χ2v) is 6.19. The quantitative estimate of drug-likeness (QED) is 0.564. The number of hydrogen-bond acceptors (Lipinski definition) is 1. The summed E-state index contributed by atoms with van der Waals surface area (Å²) in [6.07, 6.45) is 2.76. The van der Waals surface area contributed by atoms with Crippen molar-refractivity contribution >= 4 is 16.9 Å². The van der Waals surface area contributed by atoms with Crippen molar-refractivity contribution < 1.29 is 4.39 Å². The fourth-order valence-corrected chi connectivity index (χ4v) is 2.36. The van der Waals surface area contributed by atoms with Crippen molar-refractivity contribution in [3.05, 3.63) is 35.8 Å². The molecule has 1 atom stereocenters. The molecular weight excluding hydrogens is 291 g/mol. The number of benzene rings is 1. The summed E-state index contributed by atoms with van der Waals surface area (Å²) in [4.78, 5) is 7.76. The highest BCUT2D eigenvalue weighted by atomic mass is 19.1. The highest BCUT2D eigenvalue weighted by Crippen LogP contribution is 2.19. The Morgan fingerprint density at radius 2 is 2.09 bits per heavy atom. The Hall–Kier alpha value is -2.04. The van der Waals surface area contributed by atoms with E-state index in [4.69, 9.17) is 0 Å². The molecule has 0 radical (unpaired) electrons. The summed E-state index contributed by atoms with van der Waals surface area (Å²) in [5.41, 5.74) is 2.00.